The van der Waals surface area contributed by atoms with Crippen LogP contribution in [0.15, 0.2) is 36.4 Å². The Morgan fingerprint density at radius 2 is 1.68 bits per heavy atom. The number of nitrogens with one attached hydrogen (secondary N) is 1. The van der Waals surface area contributed by atoms with Crippen LogP contribution in [0.3, 0.4) is 0 Å². The first kappa shape index (κ1) is 14.1. The van der Waals surface area contributed by atoms with Gasteiger partial charge in [0.25, 0.3) is 0 Å². The summed E-state index contributed by atoms with van der Waals surface area (Å²) in [6.07, 6.45) is 0. The van der Waals surface area contributed by atoms with Gasteiger partial charge >= 0.3 is 0 Å². The van der Waals surface area contributed by atoms with Gasteiger partial charge in [0.05, 0.1) is 6.04 Å². The average Bonchev–Trinajstić information content (AvgIpc) is 2.37. The predicted octanol–water partition coefficient (Wildman–Crippen LogP) is 4.57. The molecular formula is C17H20ClN. The summed E-state index contributed by atoms with van der Waals surface area (Å²) in [5.41, 5.74) is 6.17. The van der Waals surface area contributed by atoms with E-state index in [2.05, 4.69) is 56.4 Å². The molecule has 1 unspecified atom stereocenters. The van der Waals surface area contributed by atoms with Crippen molar-refractivity contribution >= 4 is 11.6 Å². The number of benzene rings is 2. The van der Waals surface area contributed by atoms with E-state index >= 15 is 0 Å². The number of halogens is 1. The molecule has 100 valence electrons. The lowest BCUT2D eigenvalue weighted by Crippen LogP contribution is -2.18. The predicted molar refractivity (Wildman–Crippen MR) is 83.0 cm³/mol. The zero-order valence-electron chi connectivity index (χ0n) is 11.9. The Hall–Kier alpha value is -1.31. The number of hydrogen-bond acceptors (Lipinski definition) is 1. The maximum absolute atomic E-state index is 6.38. The molecule has 1 atom stereocenters. The highest BCUT2D eigenvalue weighted by Crippen LogP contribution is 2.29. The second-order valence-electron chi connectivity index (χ2n) is 5.09. The molecule has 1 nitrogen and oxygen atoms in total. The minimum atomic E-state index is 0.132. The number of rotatable bonds is 3. The summed E-state index contributed by atoms with van der Waals surface area (Å²) < 4.78 is 0. The Morgan fingerprint density at radius 3 is 2.26 bits per heavy atom. The molecule has 0 saturated carbocycles. The topological polar surface area (TPSA) is 12.0 Å². The lowest BCUT2D eigenvalue weighted by molar-refractivity contribution is 0.691. The molecule has 0 saturated heterocycles. The second-order valence-corrected chi connectivity index (χ2v) is 5.50. The smallest absolute Gasteiger partial charge is 0.0589 e. The largest absolute Gasteiger partial charge is 0.309 e. The van der Waals surface area contributed by atoms with Crippen LogP contribution in [0.5, 0.6) is 0 Å². The molecule has 0 fully saturated rings. The molecule has 2 heteroatoms. The highest BCUT2D eigenvalue weighted by Gasteiger charge is 2.15. The molecule has 0 radical (unpaired) electrons. The molecule has 0 aliphatic heterocycles. The van der Waals surface area contributed by atoms with Crippen molar-refractivity contribution in [1.29, 1.82) is 0 Å². The molecule has 0 bridgehead atoms. The first-order chi connectivity index (χ1) is 9.02. The SMILES string of the molecule is CNC(c1ccc(C)c(C)c1)c1ccc(C)cc1Cl. The van der Waals surface area contributed by atoms with Crippen LogP contribution in [0.4, 0.5) is 0 Å². The van der Waals surface area contributed by atoms with E-state index in [1.807, 2.05) is 13.1 Å². The molecule has 0 aliphatic carbocycles. The summed E-state index contributed by atoms with van der Waals surface area (Å²) in [5.74, 6) is 0. The zero-order valence-corrected chi connectivity index (χ0v) is 12.7. The van der Waals surface area contributed by atoms with Crippen molar-refractivity contribution in [3.8, 4) is 0 Å². The minimum Gasteiger partial charge on any atom is -0.309 e. The van der Waals surface area contributed by atoms with Gasteiger partial charge in [-0.15, -0.1) is 0 Å². The van der Waals surface area contributed by atoms with Gasteiger partial charge in [-0.05, 0) is 61.7 Å². The van der Waals surface area contributed by atoms with Crippen molar-refractivity contribution in [3.63, 3.8) is 0 Å². The highest BCUT2D eigenvalue weighted by atomic mass is 35.5. The highest BCUT2D eigenvalue weighted by molar-refractivity contribution is 6.31. The first-order valence-electron chi connectivity index (χ1n) is 6.53. The zero-order chi connectivity index (χ0) is 14.0. The fraction of sp³-hybridized carbons (Fsp3) is 0.294. The van der Waals surface area contributed by atoms with Gasteiger partial charge in [0.1, 0.15) is 0 Å². The number of aryl methyl sites for hydroxylation is 3. The van der Waals surface area contributed by atoms with Crippen LogP contribution >= 0.6 is 11.6 Å². The Balaban J connectivity index is 2.46. The van der Waals surface area contributed by atoms with Gasteiger partial charge in [0, 0.05) is 5.02 Å². The van der Waals surface area contributed by atoms with Gasteiger partial charge in [-0.3, -0.25) is 0 Å². The molecule has 2 rings (SSSR count). The fourth-order valence-electron chi connectivity index (χ4n) is 2.31. The fourth-order valence-corrected chi connectivity index (χ4v) is 2.66. The monoisotopic (exact) mass is 273 g/mol. The maximum Gasteiger partial charge on any atom is 0.0589 e. The van der Waals surface area contributed by atoms with Gasteiger partial charge in [-0.1, -0.05) is 41.9 Å². The molecule has 0 aliphatic rings. The van der Waals surface area contributed by atoms with Crippen LogP contribution in [0.1, 0.15) is 33.9 Å². The minimum absolute atomic E-state index is 0.132. The Labute approximate surface area is 120 Å². The third-order valence-corrected chi connectivity index (χ3v) is 3.95. The van der Waals surface area contributed by atoms with Crippen LogP contribution < -0.4 is 5.32 Å². The van der Waals surface area contributed by atoms with E-state index in [-0.39, 0.29) is 6.04 Å². The summed E-state index contributed by atoms with van der Waals surface area (Å²) in [6.45, 7) is 6.33. The third kappa shape index (κ3) is 2.99. The molecule has 0 aromatic heterocycles. The van der Waals surface area contributed by atoms with Crippen LogP contribution in [0, 0.1) is 20.8 Å². The van der Waals surface area contributed by atoms with E-state index in [0.717, 1.165) is 10.6 Å². The van der Waals surface area contributed by atoms with Crippen molar-refractivity contribution in [2.45, 2.75) is 26.8 Å². The first-order valence-corrected chi connectivity index (χ1v) is 6.91. The summed E-state index contributed by atoms with van der Waals surface area (Å²) in [7, 11) is 1.97. The van der Waals surface area contributed by atoms with Gasteiger partial charge in [0.15, 0.2) is 0 Å². The maximum atomic E-state index is 6.38. The molecule has 0 heterocycles. The van der Waals surface area contributed by atoms with Crippen LogP contribution in [0.2, 0.25) is 5.02 Å². The molecule has 19 heavy (non-hydrogen) atoms. The van der Waals surface area contributed by atoms with Crippen molar-refractivity contribution < 1.29 is 0 Å². The molecule has 0 spiro atoms. The van der Waals surface area contributed by atoms with Gasteiger partial charge in [0.2, 0.25) is 0 Å². The van der Waals surface area contributed by atoms with Crippen molar-refractivity contribution in [1.82, 2.24) is 5.32 Å². The van der Waals surface area contributed by atoms with E-state index in [1.54, 1.807) is 0 Å². The normalized spacial score (nSPS) is 12.5. The molecule has 2 aromatic rings. The third-order valence-electron chi connectivity index (χ3n) is 3.62. The standard InChI is InChI=1S/C17H20ClN/c1-11-5-8-15(16(18)9-11)17(19-4)14-7-6-12(2)13(3)10-14/h5-10,17,19H,1-4H3. The number of hydrogen-bond donors (Lipinski definition) is 1. The molecule has 2 aromatic carbocycles. The van der Waals surface area contributed by atoms with Gasteiger partial charge < -0.3 is 5.32 Å². The summed E-state index contributed by atoms with van der Waals surface area (Å²) >= 11 is 6.38. The van der Waals surface area contributed by atoms with Crippen molar-refractivity contribution in [2.75, 3.05) is 7.05 Å². The summed E-state index contributed by atoms with van der Waals surface area (Å²) in [6, 6.07) is 12.9. The van der Waals surface area contributed by atoms with Crippen LogP contribution in [0.25, 0.3) is 0 Å². The second kappa shape index (κ2) is 5.77. The summed E-state index contributed by atoms with van der Waals surface area (Å²) in [5, 5.41) is 4.17. The van der Waals surface area contributed by atoms with Crippen LogP contribution in [-0.4, -0.2) is 7.05 Å². The Morgan fingerprint density at radius 1 is 0.947 bits per heavy atom. The molecule has 1 N–H and O–H groups in total. The van der Waals surface area contributed by atoms with E-state index in [0.29, 0.717) is 0 Å². The van der Waals surface area contributed by atoms with Crippen LogP contribution in [-0.2, 0) is 0 Å². The average molecular weight is 274 g/mol. The lowest BCUT2D eigenvalue weighted by atomic mass is 9.95. The van der Waals surface area contributed by atoms with E-state index in [1.165, 1.54) is 22.3 Å². The summed E-state index contributed by atoms with van der Waals surface area (Å²) in [4.78, 5) is 0. The van der Waals surface area contributed by atoms with E-state index < -0.39 is 0 Å². The van der Waals surface area contributed by atoms with E-state index in [4.69, 9.17) is 11.6 Å². The lowest BCUT2D eigenvalue weighted by Gasteiger charge is -2.20. The van der Waals surface area contributed by atoms with Gasteiger partial charge in [-0.25, -0.2) is 0 Å². The molecule has 0 amide bonds. The van der Waals surface area contributed by atoms with Gasteiger partial charge in [-0.2, -0.15) is 0 Å². The molecular weight excluding hydrogens is 254 g/mol. The Bertz CT molecular complexity index is 590. The van der Waals surface area contributed by atoms with Crippen molar-refractivity contribution in [3.05, 3.63) is 69.2 Å². The van der Waals surface area contributed by atoms with E-state index in [9.17, 15) is 0 Å². The Kier molecular flexibility index (Phi) is 4.28. The quantitative estimate of drug-likeness (QED) is 0.863. The van der Waals surface area contributed by atoms with Crippen molar-refractivity contribution in [2.24, 2.45) is 0 Å².